The van der Waals surface area contributed by atoms with Crippen LogP contribution in [0.2, 0.25) is 0 Å². The molecule has 10 nitrogen and oxygen atoms in total. The highest BCUT2D eigenvalue weighted by Gasteiger charge is 1.82. The summed E-state index contributed by atoms with van der Waals surface area (Å²) < 4.78 is 77.6. The van der Waals surface area contributed by atoms with Crippen molar-refractivity contribution in [3.05, 3.63) is 30.3 Å². The Bertz CT molecular complexity index is 594. The van der Waals surface area contributed by atoms with Gasteiger partial charge < -0.3 is 5.11 Å². The summed E-state index contributed by atoms with van der Waals surface area (Å²) in [6.07, 6.45) is 2.15. The van der Waals surface area contributed by atoms with E-state index in [1.54, 1.807) is 24.3 Å². The zero-order chi connectivity index (χ0) is 18.6. The minimum atomic E-state index is -3.67. The van der Waals surface area contributed by atoms with E-state index in [1.807, 2.05) is 6.07 Å². The van der Waals surface area contributed by atoms with Crippen molar-refractivity contribution in [2.75, 3.05) is 18.8 Å². The van der Waals surface area contributed by atoms with E-state index in [1.165, 1.54) is 0 Å². The molecule has 22 heavy (non-hydrogen) atoms. The Balaban J connectivity index is -0.000000223. The van der Waals surface area contributed by atoms with Gasteiger partial charge in [-0.15, -0.1) is 0 Å². The van der Waals surface area contributed by atoms with Crippen LogP contribution in [0.5, 0.6) is 5.75 Å². The van der Waals surface area contributed by atoms with Crippen molar-refractivity contribution in [2.45, 2.75) is 0 Å². The lowest BCUT2D eigenvalue weighted by atomic mass is 10.3. The Morgan fingerprint density at radius 3 is 0.909 bits per heavy atom. The molecule has 0 bridgehead atoms. The molecule has 0 spiro atoms. The highest BCUT2D eigenvalue weighted by molar-refractivity contribution is 7.85. The van der Waals surface area contributed by atoms with E-state index in [4.69, 9.17) is 18.8 Å². The first-order valence-electron chi connectivity index (χ1n) is 4.91. The van der Waals surface area contributed by atoms with Gasteiger partial charge in [0.05, 0.1) is 18.8 Å². The summed E-state index contributed by atoms with van der Waals surface area (Å²) in [6, 6.07) is 8.71. The van der Waals surface area contributed by atoms with Gasteiger partial charge >= 0.3 is 0 Å². The minimum Gasteiger partial charge on any atom is -0.508 e. The molecule has 0 unspecified atom stereocenters. The molecular formula is C9H18O10S3. The maximum absolute atomic E-state index is 9.19. The van der Waals surface area contributed by atoms with Crippen molar-refractivity contribution in [2.24, 2.45) is 0 Å². The van der Waals surface area contributed by atoms with E-state index in [2.05, 4.69) is 0 Å². The molecule has 0 saturated carbocycles. The summed E-state index contributed by atoms with van der Waals surface area (Å²) in [6.45, 7) is 0. The maximum Gasteiger partial charge on any atom is 0.261 e. The number of phenols is 1. The summed E-state index contributed by atoms with van der Waals surface area (Å²) >= 11 is 0. The topological polar surface area (TPSA) is 183 Å². The summed E-state index contributed by atoms with van der Waals surface area (Å²) in [5, 5.41) is 8.63. The number of phenolic OH excluding ortho intramolecular Hbond substituents is 1. The van der Waals surface area contributed by atoms with Gasteiger partial charge in [0.15, 0.2) is 0 Å². The standard InChI is InChI=1S/C6H6O.3CH4O3S/c7-6-4-2-1-3-5-6;3*1-5(2,3)4/h1-5,7H;3*1H3,(H,2,3,4). The third kappa shape index (κ3) is 130. The Morgan fingerprint density at radius 1 is 0.636 bits per heavy atom. The lowest BCUT2D eigenvalue weighted by Gasteiger charge is -1.82. The van der Waals surface area contributed by atoms with Gasteiger partial charge in [-0.2, -0.15) is 25.3 Å². The SMILES string of the molecule is CS(=O)(=O)O.CS(=O)(=O)O.CS(=O)(=O)O.Oc1ccccc1. The van der Waals surface area contributed by atoms with Crippen LogP contribution >= 0.6 is 0 Å². The van der Waals surface area contributed by atoms with Crippen LogP contribution in [0.3, 0.4) is 0 Å². The number of hydrogen-bond donors (Lipinski definition) is 4. The van der Waals surface area contributed by atoms with E-state index in [0.29, 0.717) is 24.5 Å². The van der Waals surface area contributed by atoms with Gasteiger partial charge in [0.2, 0.25) is 0 Å². The predicted molar refractivity (Wildman–Crippen MR) is 80.5 cm³/mol. The first-order valence-corrected chi connectivity index (χ1v) is 10.5. The Labute approximate surface area is 129 Å². The normalized spacial score (nSPS) is 10.6. The molecule has 1 rings (SSSR count). The van der Waals surface area contributed by atoms with Crippen molar-refractivity contribution < 1.29 is 44.0 Å². The van der Waals surface area contributed by atoms with E-state index in [0.717, 1.165) is 0 Å². The van der Waals surface area contributed by atoms with E-state index >= 15 is 0 Å². The molecule has 4 N–H and O–H groups in total. The number of para-hydroxylation sites is 1. The summed E-state index contributed by atoms with van der Waals surface area (Å²) in [4.78, 5) is 0. The average molecular weight is 382 g/mol. The Morgan fingerprint density at radius 2 is 0.818 bits per heavy atom. The van der Waals surface area contributed by atoms with Crippen molar-refractivity contribution in [3.8, 4) is 5.75 Å². The molecule has 132 valence electrons. The third-order valence-corrected chi connectivity index (χ3v) is 0.756. The molecule has 0 saturated heterocycles. The summed E-state index contributed by atoms with van der Waals surface area (Å²) in [5.41, 5.74) is 0. The summed E-state index contributed by atoms with van der Waals surface area (Å²) in [7, 11) is -11.0. The van der Waals surface area contributed by atoms with E-state index in [9.17, 15) is 25.3 Å². The number of rotatable bonds is 0. The average Bonchev–Trinajstić information content (AvgIpc) is 2.09. The van der Waals surface area contributed by atoms with Crippen LogP contribution in [0.4, 0.5) is 0 Å². The molecule has 0 fully saturated rings. The second kappa shape index (κ2) is 11.3. The van der Waals surface area contributed by atoms with E-state index < -0.39 is 30.4 Å². The predicted octanol–water partition coefficient (Wildman–Crippen LogP) is -0.0958. The number of aromatic hydroxyl groups is 1. The molecule has 0 aliphatic rings. The van der Waals surface area contributed by atoms with Crippen molar-refractivity contribution in [1.82, 2.24) is 0 Å². The second-order valence-electron chi connectivity index (χ2n) is 3.53. The molecule has 1 aromatic rings. The van der Waals surface area contributed by atoms with Crippen LogP contribution in [0, 0.1) is 0 Å². The van der Waals surface area contributed by atoms with Crippen molar-refractivity contribution in [3.63, 3.8) is 0 Å². The third-order valence-electron chi connectivity index (χ3n) is 0.756. The van der Waals surface area contributed by atoms with Crippen molar-refractivity contribution >= 4 is 30.4 Å². The van der Waals surface area contributed by atoms with Gasteiger partial charge in [-0.3, -0.25) is 13.7 Å². The van der Waals surface area contributed by atoms with Gasteiger partial charge in [0, 0.05) is 0 Å². The van der Waals surface area contributed by atoms with Crippen molar-refractivity contribution in [1.29, 1.82) is 0 Å². The highest BCUT2D eigenvalue weighted by atomic mass is 32.2. The number of hydrogen-bond acceptors (Lipinski definition) is 7. The minimum absolute atomic E-state index is 0.322. The molecule has 1 aromatic carbocycles. The molecule has 0 aliphatic carbocycles. The fourth-order valence-corrected chi connectivity index (χ4v) is 0.428. The van der Waals surface area contributed by atoms with Crippen LogP contribution in [0.25, 0.3) is 0 Å². The molecule has 0 aromatic heterocycles. The fraction of sp³-hybridized carbons (Fsp3) is 0.333. The van der Waals surface area contributed by atoms with Crippen LogP contribution in [0.15, 0.2) is 30.3 Å². The Kier molecular flexibility index (Phi) is 13.2. The van der Waals surface area contributed by atoms with Crippen LogP contribution < -0.4 is 0 Å². The summed E-state index contributed by atoms with van der Waals surface area (Å²) in [5.74, 6) is 0.322. The molecule has 0 radical (unpaired) electrons. The van der Waals surface area contributed by atoms with Crippen LogP contribution in [-0.2, 0) is 30.4 Å². The van der Waals surface area contributed by atoms with Gasteiger partial charge in [-0.25, -0.2) is 0 Å². The van der Waals surface area contributed by atoms with Gasteiger partial charge in [-0.05, 0) is 12.1 Å². The van der Waals surface area contributed by atoms with Gasteiger partial charge in [0.1, 0.15) is 5.75 Å². The molecule has 0 aliphatic heterocycles. The first-order chi connectivity index (χ1) is 9.39. The van der Waals surface area contributed by atoms with E-state index in [-0.39, 0.29) is 0 Å². The largest absolute Gasteiger partial charge is 0.508 e. The molecule has 0 atom stereocenters. The molecule has 0 heterocycles. The highest BCUT2D eigenvalue weighted by Crippen LogP contribution is 2.02. The zero-order valence-corrected chi connectivity index (χ0v) is 14.3. The molecule has 13 heteroatoms. The van der Waals surface area contributed by atoms with Gasteiger partial charge in [-0.1, -0.05) is 18.2 Å². The monoisotopic (exact) mass is 382 g/mol. The fourth-order valence-electron chi connectivity index (χ4n) is 0.428. The number of benzene rings is 1. The van der Waals surface area contributed by atoms with Crippen LogP contribution in [0.1, 0.15) is 0 Å². The van der Waals surface area contributed by atoms with Crippen LogP contribution in [-0.4, -0.2) is 62.8 Å². The lowest BCUT2D eigenvalue weighted by molar-refractivity contribution is 0.475. The smallest absolute Gasteiger partial charge is 0.261 e. The first kappa shape index (κ1) is 25.7. The molecule has 0 amide bonds. The maximum atomic E-state index is 9.19. The molecular weight excluding hydrogens is 364 g/mol. The Hall–Kier alpha value is -1.25. The lowest BCUT2D eigenvalue weighted by Crippen LogP contribution is -1.88. The second-order valence-corrected chi connectivity index (χ2v) is 7.93. The van der Waals surface area contributed by atoms with Gasteiger partial charge in [0.25, 0.3) is 30.4 Å². The quantitative estimate of drug-likeness (QED) is 0.442. The zero-order valence-electron chi connectivity index (χ0n) is 11.8.